The average Bonchev–Trinajstić information content (AvgIpc) is 3.14. The number of amides is 1. The molecule has 0 radical (unpaired) electrons. The number of carbonyl (C=O) groups excluding carboxylic acids is 1. The van der Waals surface area contributed by atoms with Gasteiger partial charge in [-0.15, -0.1) is 11.3 Å². The average molecular weight is 409 g/mol. The van der Waals surface area contributed by atoms with Crippen LogP contribution in [-0.4, -0.2) is 24.0 Å². The molecule has 4 nitrogen and oxygen atoms in total. The Kier molecular flexibility index (Phi) is 7.42. The van der Waals surface area contributed by atoms with Crippen LogP contribution in [0.3, 0.4) is 0 Å². The summed E-state index contributed by atoms with van der Waals surface area (Å²) in [6.45, 7) is 7.29. The molecule has 2 aromatic carbocycles. The van der Waals surface area contributed by atoms with E-state index >= 15 is 0 Å². The number of nitrogens with zero attached hydrogens (tertiary/aromatic N) is 1. The molecule has 5 heteroatoms. The molecule has 152 valence electrons. The molecule has 1 amide bonds. The lowest BCUT2D eigenvalue weighted by atomic mass is 10.1. The Morgan fingerprint density at radius 1 is 1.07 bits per heavy atom. The molecule has 1 N–H and O–H groups in total. The Morgan fingerprint density at radius 2 is 1.79 bits per heavy atom. The van der Waals surface area contributed by atoms with Crippen LogP contribution < -0.4 is 10.1 Å². The number of para-hydroxylation sites is 1. The molecular weight excluding hydrogens is 380 g/mol. The molecule has 1 heterocycles. The van der Waals surface area contributed by atoms with Gasteiger partial charge in [0, 0.05) is 23.9 Å². The van der Waals surface area contributed by atoms with Gasteiger partial charge in [0.2, 0.25) is 5.91 Å². The maximum atomic E-state index is 12.0. The minimum absolute atomic E-state index is 0.0738. The zero-order valence-corrected chi connectivity index (χ0v) is 18.1. The molecule has 0 unspecified atom stereocenters. The molecule has 0 fully saturated rings. The van der Waals surface area contributed by atoms with Gasteiger partial charge in [-0.1, -0.05) is 42.5 Å². The van der Waals surface area contributed by atoms with E-state index in [0.717, 1.165) is 39.6 Å². The predicted octanol–water partition coefficient (Wildman–Crippen LogP) is 5.25. The lowest BCUT2D eigenvalue weighted by molar-refractivity contribution is -0.121. The summed E-state index contributed by atoms with van der Waals surface area (Å²) in [5.41, 5.74) is 5.62. The van der Waals surface area contributed by atoms with Crippen molar-refractivity contribution < 1.29 is 9.53 Å². The zero-order valence-electron chi connectivity index (χ0n) is 17.3. The first-order valence-electron chi connectivity index (χ1n) is 10.00. The van der Waals surface area contributed by atoms with Crippen molar-refractivity contribution in [1.82, 2.24) is 10.3 Å². The first-order valence-corrected chi connectivity index (χ1v) is 10.9. The molecule has 0 saturated heterocycles. The number of nitrogens with one attached hydrogen (secondary N) is 1. The normalized spacial score (nSPS) is 10.7. The molecule has 0 aliphatic heterocycles. The topological polar surface area (TPSA) is 51.2 Å². The van der Waals surface area contributed by atoms with E-state index in [0.29, 0.717) is 26.0 Å². The van der Waals surface area contributed by atoms with E-state index in [-0.39, 0.29) is 5.91 Å². The molecule has 0 aliphatic carbocycles. The number of ether oxygens (including phenoxy) is 1. The number of aryl methyl sites for hydroxylation is 3. The summed E-state index contributed by atoms with van der Waals surface area (Å²) in [4.78, 5) is 16.6. The second-order valence-corrected chi connectivity index (χ2v) is 8.28. The van der Waals surface area contributed by atoms with Gasteiger partial charge in [0.1, 0.15) is 5.75 Å². The third-order valence-electron chi connectivity index (χ3n) is 4.81. The molecule has 3 rings (SSSR count). The number of benzene rings is 2. The van der Waals surface area contributed by atoms with Crippen LogP contribution in [0.2, 0.25) is 0 Å². The minimum atomic E-state index is 0.0738. The lowest BCUT2D eigenvalue weighted by Crippen LogP contribution is -2.25. The van der Waals surface area contributed by atoms with Crippen LogP contribution in [0.4, 0.5) is 0 Å². The zero-order chi connectivity index (χ0) is 20.6. The van der Waals surface area contributed by atoms with Crippen molar-refractivity contribution in [3.8, 4) is 17.0 Å². The standard InChI is InChI=1S/C24H28N2O2S/c1-17-6-4-7-18(2)24(17)28-15-5-8-23(27)25-14-13-20-9-11-21(12-10-20)22-16-29-19(3)26-22/h4,6-7,9-12,16H,5,8,13-15H2,1-3H3,(H,25,27). The fraction of sp³-hybridized carbons (Fsp3) is 0.333. The summed E-state index contributed by atoms with van der Waals surface area (Å²) >= 11 is 1.66. The molecule has 29 heavy (non-hydrogen) atoms. The van der Waals surface area contributed by atoms with Crippen LogP contribution in [0, 0.1) is 20.8 Å². The lowest BCUT2D eigenvalue weighted by Gasteiger charge is -2.11. The highest BCUT2D eigenvalue weighted by Gasteiger charge is 2.06. The number of carbonyl (C=O) groups is 1. The van der Waals surface area contributed by atoms with Gasteiger partial charge < -0.3 is 10.1 Å². The summed E-state index contributed by atoms with van der Waals surface area (Å²) < 4.78 is 5.86. The largest absolute Gasteiger partial charge is 0.493 e. The van der Waals surface area contributed by atoms with Gasteiger partial charge in [0.15, 0.2) is 0 Å². The highest BCUT2D eigenvalue weighted by Crippen LogP contribution is 2.23. The predicted molar refractivity (Wildman–Crippen MR) is 120 cm³/mol. The molecule has 1 aromatic heterocycles. The second kappa shape index (κ2) is 10.2. The minimum Gasteiger partial charge on any atom is -0.493 e. The van der Waals surface area contributed by atoms with Crippen LogP contribution in [0.1, 0.15) is 34.5 Å². The number of rotatable bonds is 9. The van der Waals surface area contributed by atoms with E-state index in [1.165, 1.54) is 5.56 Å². The molecular formula is C24H28N2O2S. The summed E-state index contributed by atoms with van der Waals surface area (Å²) in [6, 6.07) is 14.5. The molecule has 0 saturated carbocycles. The van der Waals surface area contributed by atoms with Crippen molar-refractivity contribution in [3.63, 3.8) is 0 Å². The Balaban J connectivity index is 1.34. The SMILES string of the molecule is Cc1nc(-c2ccc(CCNC(=O)CCCOc3c(C)cccc3C)cc2)cs1. The Hall–Kier alpha value is -2.66. The van der Waals surface area contributed by atoms with Gasteiger partial charge in [-0.25, -0.2) is 4.98 Å². The quantitative estimate of drug-likeness (QED) is 0.492. The molecule has 0 spiro atoms. The van der Waals surface area contributed by atoms with E-state index in [9.17, 15) is 4.79 Å². The van der Waals surface area contributed by atoms with Crippen LogP contribution in [0.25, 0.3) is 11.3 Å². The van der Waals surface area contributed by atoms with Crippen molar-refractivity contribution in [2.24, 2.45) is 0 Å². The van der Waals surface area contributed by atoms with E-state index in [4.69, 9.17) is 4.74 Å². The Labute approximate surface area is 177 Å². The number of aromatic nitrogens is 1. The van der Waals surface area contributed by atoms with Crippen LogP contribution in [0.15, 0.2) is 47.8 Å². The van der Waals surface area contributed by atoms with E-state index < -0.39 is 0 Å². The van der Waals surface area contributed by atoms with Crippen molar-refractivity contribution in [3.05, 3.63) is 69.5 Å². The maximum absolute atomic E-state index is 12.0. The smallest absolute Gasteiger partial charge is 0.220 e. The van der Waals surface area contributed by atoms with Gasteiger partial charge in [-0.05, 0) is 50.3 Å². The first kappa shape index (κ1) is 21.1. The van der Waals surface area contributed by atoms with Crippen molar-refractivity contribution in [1.29, 1.82) is 0 Å². The summed E-state index contributed by atoms with van der Waals surface area (Å²) in [6.07, 6.45) is 2.01. The highest BCUT2D eigenvalue weighted by atomic mass is 32.1. The molecule has 0 atom stereocenters. The molecule has 3 aromatic rings. The van der Waals surface area contributed by atoms with Crippen molar-refractivity contribution in [2.45, 2.75) is 40.0 Å². The maximum Gasteiger partial charge on any atom is 0.220 e. The monoisotopic (exact) mass is 408 g/mol. The van der Waals surface area contributed by atoms with Gasteiger partial charge >= 0.3 is 0 Å². The van der Waals surface area contributed by atoms with Crippen LogP contribution in [0.5, 0.6) is 5.75 Å². The number of hydrogen-bond donors (Lipinski definition) is 1. The van der Waals surface area contributed by atoms with Crippen LogP contribution in [-0.2, 0) is 11.2 Å². The van der Waals surface area contributed by atoms with E-state index in [1.54, 1.807) is 11.3 Å². The third kappa shape index (κ3) is 6.16. The summed E-state index contributed by atoms with van der Waals surface area (Å²) in [5, 5.41) is 6.15. The molecule has 0 bridgehead atoms. The summed E-state index contributed by atoms with van der Waals surface area (Å²) in [5.74, 6) is 1.01. The molecule has 0 aliphatic rings. The van der Waals surface area contributed by atoms with Crippen LogP contribution >= 0.6 is 11.3 Å². The van der Waals surface area contributed by atoms with Crippen molar-refractivity contribution >= 4 is 17.2 Å². The second-order valence-electron chi connectivity index (χ2n) is 7.22. The van der Waals surface area contributed by atoms with Gasteiger partial charge in [0.25, 0.3) is 0 Å². The van der Waals surface area contributed by atoms with Gasteiger partial charge in [-0.2, -0.15) is 0 Å². The fourth-order valence-electron chi connectivity index (χ4n) is 3.21. The highest BCUT2D eigenvalue weighted by molar-refractivity contribution is 7.09. The van der Waals surface area contributed by atoms with E-state index in [2.05, 4.69) is 39.9 Å². The Morgan fingerprint density at radius 3 is 2.45 bits per heavy atom. The first-order chi connectivity index (χ1) is 14.0. The van der Waals surface area contributed by atoms with E-state index in [1.807, 2.05) is 39.0 Å². The van der Waals surface area contributed by atoms with Gasteiger partial charge in [-0.3, -0.25) is 4.79 Å². The fourth-order valence-corrected chi connectivity index (χ4v) is 3.83. The van der Waals surface area contributed by atoms with Gasteiger partial charge in [0.05, 0.1) is 17.3 Å². The number of hydrogen-bond acceptors (Lipinski definition) is 4. The van der Waals surface area contributed by atoms with Crippen molar-refractivity contribution in [2.75, 3.05) is 13.2 Å². The Bertz CT molecular complexity index is 928. The third-order valence-corrected chi connectivity index (χ3v) is 5.58. The number of thiazole rings is 1. The summed E-state index contributed by atoms with van der Waals surface area (Å²) in [7, 11) is 0.